The second-order valence-corrected chi connectivity index (χ2v) is 33.9. The zero-order valence-corrected chi connectivity index (χ0v) is 53.4. The number of hydrogen-bond donors (Lipinski definition) is 4. The molecule has 2 amide bonds. The highest BCUT2D eigenvalue weighted by atomic mass is 127. The van der Waals surface area contributed by atoms with E-state index in [0.29, 0.717) is 57.6 Å². The number of aryl methyl sites for hydroxylation is 2. The van der Waals surface area contributed by atoms with Crippen LogP contribution in [0.3, 0.4) is 0 Å². The molecule has 18 nitrogen and oxygen atoms in total. The van der Waals surface area contributed by atoms with Crippen molar-refractivity contribution in [1.29, 1.82) is 0 Å². The van der Waals surface area contributed by atoms with Gasteiger partial charge >= 0.3 is 11.4 Å². The third kappa shape index (κ3) is 15.2. The van der Waals surface area contributed by atoms with E-state index >= 15 is 4.39 Å². The zero-order chi connectivity index (χ0) is 62.3. The topological polar surface area (TPSA) is 214 Å². The maximum Gasteiger partial charge on any atom is 0.336 e. The number of aromatic nitrogens is 6. The molecule has 0 unspecified atom stereocenters. The van der Waals surface area contributed by atoms with Gasteiger partial charge in [-0.05, 0) is 135 Å². The lowest BCUT2D eigenvalue weighted by Crippen LogP contribution is -2.41. The first kappa shape index (κ1) is 70.1. The predicted molar refractivity (Wildman–Crippen MR) is 367 cm³/mol. The van der Waals surface area contributed by atoms with Crippen molar-refractivity contribution >= 4 is 107 Å². The van der Waals surface area contributed by atoms with Crippen molar-refractivity contribution in [3.05, 3.63) is 179 Å². The van der Waals surface area contributed by atoms with Gasteiger partial charge in [0.2, 0.25) is 11.8 Å². The summed E-state index contributed by atoms with van der Waals surface area (Å²) in [6.45, 7) is 18.6. The molecular weight excluding hydrogens is 1270 g/mol. The normalized spacial score (nSPS) is 12.4. The van der Waals surface area contributed by atoms with Gasteiger partial charge in [-0.25, -0.2) is 18.4 Å². The first-order valence-corrected chi connectivity index (χ1v) is 35.4. The van der Waals surface area contributed by atoms with Crippen LogP contribution < -0.4 is 54.9 Å². The summed E-state index contributed by atoms with van der Waals surface area (Å²) in [7, 11) is 0.218. The van der Waals surface area contributed by atoms with Gasteiger partial charge in [-0.1, -0.05) is 79.6 Å². The fourth-order valence-corrected chi connectivity index (χ4v) is 10.3. The second kappa shape index (κ2) is 27.6. The summed E-state index contributed by atoms with van der Waals surface area (Å²) in [6.07, 6.45) is 7.78. The van der Waals surface area contributed by atoms with Crippen LogP contribution in [0.4, 0.5) is 43.2 Å². The van der Waals surface area contributed by atoms with Gasteiger partial charge in [0.25, 0.3) is 22.2 Å². The molecule has 464 valence electrons. The van der Waals surface area contributed by atoms with Crippen LogP contribution >= 0.6 is 22.6 Å². The van der Waals surface area contributed by atoms with Crippen molar-refractivity contribution in [3.63, 3.8) is 0 Å². The highest BCUT2D eigenvalue weighted by Gasteiger charge is 2.34. The van der Waals surface area contributed by atoms with E-state index in [4.69, 9.17) is 6.42 Å². The molecule has 4 aromatic carbocycles. The molecule has 4 N–H and O–H groups in total. The Balaban J connectivity index is 0.000000286. The number of hydrogen-bond acceptors (Lipinski definition) is 10. The van der Waals surface area contributed by atoms with Crippen molar-refractivity contribution in [2.24, 2.45) is 14.1 Å². The first-order valence-electron chi connectivity index (χ1n) is 27.3. The Kier molecular flexibility index (Phi) is 22.0. The average molecular weight is 1350 g/mol. The van der Waals surface area contributed by atoms with Gasteiger partial charge in [-0.2, -0.15) is 0 Å². The molecule has 0 aliphatic heterocycles. The van der Waals surface area contributed by atoms with E-state index in [9.17, 15) is 42.7 Å². The molecule has 10 rings (SSSR count). The van der Waals surface area contributed by atoms with Gasteiger partial charge in [-0.3, -0.25) is 56.2 Å². The third-order valence-electron chi connectivity index (χ3n) is 13.8. The van der Waals surface area contributed by atoms with Crippen molar-refractivity contribution in [3.8, 4) is 34.8 Å². The smallest absolute Gasteiger partial charge is 0.336 e. The Bertz CT molecular complexity index is 4580. The highest BCUT2D eigenvalue weighted by Crippen LogP contribution is 2.36. The van der Waals surface area contributed by atoms with Crippen LogP contribution in [-0.4, -0.2) is 55.4 Å². The standard InChI is InChI=1S/C31H32FN5O4Si.C26H23FIN5O4.C5H10Si.3CH4/c1-18-27-26(28(35(3)29(18)39)34-25-13-10-20(16-24(25)32)14-15-42(4,5)6)30(40)37(22-11-12-22)31(41)36(27)23-9-7-8-21(17-23)33-19(2)38;1-13-22-21(23(31(3)24(13)35)30-20-10-7-15(28)11-19(20)27)25(36)33(17-8-9-17)26(37)32(22)18-6-4-5-16(12-18)29-14(2)34;1-5-6(2,3)4;;;/h7-10,13,16-17,22,34H,11-12H2,1-6H3,(H,33,38);4-7,10-12,17,30H,8-9H2,1-3H3,(H,29,34);1H,2-4H3;3*1H4. The summed E-state index contributed by atoms with van der Waals surface area (Å²) in [6, 6.07) is 21.7. The number of anilines is 6. The lowest BCUT2D eigenvalue weighted by molar-refractivity contribution is -0.115. The van der Waals surface area contributed by atoms with Crippen LogP contribution in [0.1, 0.15) is 90.6 Å². The summed E-state index contributed by atoms with van der Waals surface area (Å²) in [5.74, 6) is 1.45. The second-order valence-electron chi connectivity index (χ2n) is 23.1. The Morgan fingerprint density at radius 2 is 0.966 bits per heavy atom. The van der Waals surface area contributed by atoms with E-state index in [1.54, 1.807) is 74.5 Å². The van der Waals surface area contributed by atoms with Crippen LogP contribution in [0.5, 0.6) is 0 Å². The molecule has 2 fully saturated rings. The lowest BCUT2D eigenvalue weighted by atomic mass is 10.1. The minimum atomic E-state index is -1.67. The zero-order valence-electron chi connectivity index (χ0n) is 49.2. The van der Waals surface area contributed by atoms with Crippen LogP contribution in [0.15, 0.2) is 114 Å². The van der Waals surface area contributed by atoms with Gasteiger partial charge in [-0.15, -0.1) is 17.5 Å². The van der Waals surface area contributed by atoms with Gasteiger partial charge in [0.1, 0.15) is 50.2 Å². The SMILES string of the molecule is C.C.C.C#C[Si](C)(C)C.CC(=O)Nc1cccc(-n2c(=O)n(C3CC3)c(=O)c3c(Nc4ccc(C#C[Si](C)(C)C)cc4F)n(C)c(=O)c(C)c32)c1.CC(=O)Nc1cccc(-n2c(=O)n(C3CC3)c(=O)c3c(Nc4ccc(I)cc4F)n(C)c(=O)c(C)c32)c1. The first-order chi connectivity index (χ1) is 39.9. The largest absolute Gasteiger partial charge is 0.338 e. The molecule has 0 radical (unpaired) electrons. The van der Waals surface area contributed by atoms with Crippen molar-refractivity contribution in [2.75, 3.05) is 21.3 Å². The minimum absolute atomic E-state index is 0. The average Bonchev–Trinajstić information content (AvgIpc) is 1.40. The number of benzene rings is 4. The van der Waals surface area contributed by atoms with E-state index in [0.717, 1.165) is 0 Å². The number of halogens is 3. The maximum absolute atomic E-state index is 15.4. The van der Waals surface area contributed by atoms with Crippen LogP contribution in [0.2, 0.25) is 39.3 Å². The monoisotopic (exact) mass is 1350 g/mol. The summed E-state index contributed by atoms with van der Waals surface area (Å²) in [5.41, 5.74) is 5.67. The van der Waals surface area contributed by atoms with Crippen LogP contribution in [0, 0.1) is 52.5 Å². The summed E-state index contributed by atoms with van der Waals surface area (Å²) < 4.78 is 38.4. The quantitative estimate of drug-likeness (QED) is 0.0577. The molecule has 8 aromatic rings. The fourth-order valence-electron chi connectivity index (χ4n) is 9.36. The molecule has 4 aromatic heterocycles. The molecule has 0 atom stereocenters. The molecule has 0 bridgehead atoms. The number of terminal acetylenes is 1. The van der Waals surface area contributed by atoms with Crippen LogP contribution in [-0.2, 0) is 23.7 Å². The van der Waals surface area contributed by atoms with E-state index in [2.05, 4.69) is 77.6 Å². The molecule has 88 heavy (non-hydrogen) atoms. The van der Waals surface area contributed by atoms with E-state index in [1.807, 2.05) is 22.6 Å². The number of nitrogens with zero attached hydrogens (tertiary/aromatic N) is 6. The molecule has 0 saturated heterocycles. The number of pyridine rings is 2. The van der Waals surface area contributed by atoms with E-state index in [1.165, 1.54) is 79.6 Å². The summed E-state index contributed by atoms with van der Waals surface area (Å²) in [4.78, 5) is 106. The van der Waals surface area contributed by atoms with Gasteiger partial charge in [0.05, 0.1) is 33.8 Å². The van der Waals surface area contributed by atoms with Crippen molar-refractivity contribution in [2.45, 2.75) is 127 Å². The predicted octanol–water partition coefficient (Wildman–Crippen LogP) is 11.9. The van der Waals surface area contributed by atoms with Gasteiger partial charge in [0, 0.05) is 71.7 Å². The number of nitrogens with one attached hydrogen (secondary N) is 4. The minimum Gasteiger partial charge on any atom is -0.338 e. The van der Waals surface area contributed by atoms with Crippen molar-refractivity contribution < 1.29 is 18.4 Å². The lowest BCUT2D eigenvalue weighted by Gasteiger charge is -2.21. The van der Waals surface area contributed by atoms with E-state index in [-0.39, 0.29) is 102 Å². The number of carbonyl (C=O) groups excluding carboxylic acids is 2. The van der Waals surface area contributed by atoms with E-state index < -0.39 is 61.4 Å². The van der Waals surface area contributed by atoms with Gasteiger partial charge in [0.15, 0.2) is 0 Å². The Morgan fingerprint density at radius 1 is 0.580 bits per heavy atom. The summed E-state index contributed by atoms with van der Waals surface area (Å²) >= 11 is 1.99. The number of amides is 2. The van der Waals surface area contributed by atoms with Crippen molar-refractivity contribution in [1.82, 2.24) is 27.4 Å². The molecular formula is C65H77F2IN10O8Si2. The highest BCUT2D eigenvalue weighted by molar-refractivity contribution is 14.1. The molecule has 0 spiro atoms. The number of rotatable bonds is 10. The number of carbonyl (C=O) groups is 2. The molecule has 4 heterocycles. The Hall–Kier alpha value is -8.66. The summed E-state index contributed by atoms with van der Waals surface area (Å²) in [5, 5.41) is 11.5. The Labute approximate surface area is 525 Å². The van der Waals surface area contributed by atoms with Crippen LogP contribution in [0.25, 0.3) is 33.2 Å². The maximum atomic E-state index is 15.4. The van der Waals surface area contributed by atoms with Gasteiger partial charge < -0.3 is 21.3 Å². The fraction of sp³-hybridized carbons (Fsp3) is 0.323. The Morgan fingerprint density at radius 3 is 1.31 bits per heavy atom. The number of fused-ring (bicyclic) bond motifs is 2. The molecule has 23 heteroatoms. The molecule has 2 aliphatic rings. The third-order valence-corrected chi connectivity index (χ3v) is 16.2. The molecule has 2 aliphatic carbocycles. The molecule has 2 saturated carbocycles.